The molecule has 0 N–H and O–H groups in total. The summed E-state index contributed by atoms with van der Waals surface area (Å²) in [6, 6.07) is 25.1. The van der Waals surface area contributed by atoms with Crippen LogP contribution in [-0.2, 0) is 5.41 Å². The molecule has 0 spiro atoms. The third kappa shape index (κ3) is 2.05. The summed E-state index contributed by atoms with van der Waals surface area (Å²) < 4.78 is 0. The zero-order valence-electron chi connectivity index (χ0n) is 14.0. The Morgan fingerprint density at radius 3 is 2.29 bits per heavy atom. The molecule has 1 aliphatic carbocycles. The lowest BCUT2D eigenvalue weighted by Crippen LogP contribution is -2.28. The van der Waals surface area contributed by atoms with Crippen LogP contribution in [0.4, 0.5) is 0 Å². The van der Waals surface area contributed by atoms with E-state index in [9.17, 15) is 4.79 Å². The van der Waals surface area contributed by atoms with Crippen LogP contribution in [0.5, 0.6) is 0 Å². The fourth-order valence-electron chi connectivity index (χ4n) is 4.10. The van der Waals surface area contributed by atoms with Crippen LogP contribution in [0.1, 0.15) is 44.6 Å². The molecule has 24 heavy (non-hydrogen) atoms. The number of benzene rings is 3. The van der Waals surface area contributed by atoms with E-state index in [0.717, 1.165) is 11.1 Å². The minimum absolute atomic E-state index is 0.232. The Balaban J connectivity index is 2.11. The van der Waals surface area contributed by atoms with Crippen molar-refractivity contribution in [2.75, 3.05) is 0 Å². The molecule has 0 fully saturated rings. The lowest BCUT2D eigenvalue weighted by Gasteiger charge is -2.33. The molecule has 0 saturated heterocycles. The van der Waals surface area contributed by atoms with Crippen molar-refractivity contribution in [2.45, 2.75) is 25.7 Å². The molecule has 0 bridgehead atoms. The first-order valence-electron chi connectivity index (χ1n) is 8.39. The van der Waals surface area contributed by atoms with Gasteiger partial charge in [-0.3, -0.25) is 4.79 Å². The second-order valence-electron chi connectivity index (χ2n) is 6.74. The van der Waals surface area contributed by atoms with Crippen LogP contribution < -0.4 is 0 Å². The number of fused-ring (bicyclic) bond motifs is 1. The van der Waals surface area contributed by atoms with Crippen molar-refractivity contribution < 1.29 is 4.79 Å². The molecule has 0 saturated carbocycles. The zero-order chi connectivity index (χ0) is 16.7. The lowest BCUT2D eigenvalue weighted by molar-refractivity contribution is 0.0984. The monoisotopic (exact) mass is 312 g/mol. The molecule has 0 heterocycles. The van der Waals surface area contributed by atoms with E-state index in [2.05, 4.69) is 62.4 Å². The molecule has 118 valence electrons. The van der Waals surface area contributed by atoms with Crippen LogP contribution in [0.2, 0.25) is 0 Å². The number of Topliss-reactive ketones (excluding diaryl/α,β-unsaturated/α-hetero) is 1. The van der Waals surface area contributed by atoms with Gasteiger partial charge in [-0.2, -0.15) is 0 Å². The molecule has 1 nitrogen and oxygen atoms in total. The average molecular weight is 312 g/mol. The van der Waals surface area contributed by atoms with E-state index in [-0.39, 0.29) is 11.2 Å². The van der Waals surface area contributed by atoms with Crippen molar-refractivity contribution in [1.29, 1.82) is 0 Å². The number of ketones is 1. The highest BCUT2D eigenvalue weighted by molar-refractivity contribution is 6.04. The second kappa shape index (κ2) is 5.45. The van der Waals surface area contributed by atoms with Gasteiger partial charge in [0.05, 0.1) is 5.41 Å². The standard InChI is InChI=1S/C23H20O/c1-16-12-13-17(2)21(14-16)23(18-8-4-3-5-9-18)15-22(24)19-10-6-7-11-20(19)23/h3-14H,15H2,1-2H3. The molecule has 0 radical (unpaired) electrons. The first kappa shape index (κ1) is 14.9. The van der Waals surface area contributed by atoms with Crippen molar-refractivity contribution >= 4 is 5.78 Å². The predicted molar refractivity (Wildman–Crippen MR) is 97.6 cm³/mol. The zero-order valence-corrected chi connectivity index (χ0v) is 14.0. The summed E-state index contributed by atoms with van der Waals surface area (Å²) in [5.41, 5.74) is 6.50. The maximum atomic E-state index is 12.8. The van der Waals surface area contributed by atoms with Gasteiger partial charge in [0.15, 0.2) is 5.78 Å². The number of hydrogen-bond acceptors (Lipinski definition) is 1. The highest BCUT2D eigenvalue weighted by atomic mass is 16.1. The SMILES string of the molecule is Cc1ccc(C)c(C2(c3ccccc3)CC(=O)c3ccccc32)c1. The summed E-state index contributed by atoms with van der Waals surface area (Å²) in [7, 11) is 0. The van der Waals surface area contributed by atoms with Crippen molar-refractivity contribution in [2.24, 2.45) is 0 Å². The van der Waals surface area contributed by atoms with Gasteiger partial charge in [-0.1, -0.05) is 78.4 Å². The Morgan fingerprint density at radius 1 is 0.792 bits per heavy atom. The Kier molecular flexibility index (Phi) is 3.38. The van der Waals surface area contributed by atoms with E-state index in [1.54, 1.807) is 0 Å². The predicted octanol–water partition coefficient (Wildman–Crippen LogP) is 5.22. The third-order valence-corrected chi connectivity index (χ3v) is 5.23. The maximum absolute atomic E-state index is 12.8. The third-order valence-electron chi connectivity index (χ3n) is 5.23. The molecule has 1 heteroatoms. The summed E-state index contributed by atoms with van der Waals surface area (Å²) in [6.07, 6.45) is 0.501. The van der Waals surface area contributed by atoms with Gasteiger partial charge in [-0.05, 0) is 36.1 Å². The quantitative estimate of drug-likeness (QED) is 0.633. The van der Waals surface area contributed by atoms with Gasteiger partial charge in [0.1, 0.15) is 0 Å². The van der Waals surface area contributed by atoms with Gasteiger partial charge in [0.2, 0.25) is 0 Å². The molecule has 0 amide bonds. The van der Waals surface area contributed by atoms with Crippen LogP contribution in [0, 0.1) is 13.8 Å². The smallest absolute Gasteiger partial charge is 0.164 e. The van der Waals surface area contributed by atoms with Crippen LogP contribution in [0.25, 0.3) is 0 Å². The van der Waals surface area contributed by atoms with E-state index < -0.39 is 0 Å². The van der Waals surface area contributed by atoms with Gasteiger partial charge in [0.25, 0.3) is 0 Å². The molecule has 1 atom stereocenters. The fourth-order valence-corrected chi connectivity index (χ4v) is 4.10. The molecular formula is C23H20O. The Bertz CT molecular complexity index is 924. The second-order valence-corrected chi connectivity index (χ2v) is 6.74. The summed E-state index contributed by atoms with van der Waals surface area (Å²) in [5, 5.41) is 0. The molecule has 1 unspecified atom stereocenters. The summed E-state index contributed by atoms with van der Waals surface area (Å²) >= 11 is 0. The lowest BCUT2D eigenvalue weighted by atomic mass is 9.68. The van der Waals surface area contributed by atoms with Crippen molar-refractivity contribution in [3.05, 3.63) is 106 Å². The normalized spacial score (nSPS) is 19.3. The summed E-state index contributed by atoms with van der Waals surface area (Å²) in [6.45, 7) is 4.26. The Labute approximate surface area is 143 Å². The fraction of sp³-hybridized carbons (Fsp3) is 0.174. The highest BCUT2D eigenvalue weighted by Crippen LogP contribution is 2.49. The van der Waals surface area contributed by atoms with E-state index in [1.165, 1.54) is 22.3 Å². The van der Waals surface area contributed by atoms with Crippen LogP contribution in [0.15, 0.2) is 72.8 Å². The van der Waals surface area contributed by atoms with E-state index in [4.69, 9.17) is 0 Å². The Morgan fingerprint density at radius 2 is 1.50 bits per heavy atom. The summed E-state index contributed by atoms with van der Waals surface area (Å²) in [5.74, 6) is 0.232. The molecular weight excluding hydrogens is 292 g/mol. The maximum Gasteiger partial charge on any atom is 0.164 e. The van der Waals surface area contributed by atoms with E-state index in [0.29, 0.717) is 6.42 Å². The molecule has 1 aliphatic rings. The van der Waals surface area contributed by atoms with Crippen LogP contribution >= 0.6 is 0 Å². The first-order chi connectivity index (χ1) is 11.6. The molecule has 3 aromatic carbocycles. The number of aryl methyl sites for hydroxylation is 2. The molecule has 0 aromatic heterocycles. The highest BCUT2D eigenvalue weighted by Gasteiger charge is 2.46. The number of carbonyl (C=O) groups is 1. The molecule has 3 aromatic rings. The van der Waals surface area contributed by atoms with E-state index in [1.807, 2.05) is 24.3 Å². The molecule has 0 aliphatic heterocycles. The van der Waals surface area contributed by atoms with Crippen molar-refractivity contribution in [3.63, 3.8) is 0 Å². The number of rotatable bonds is 2. The minimum atomic E-state index is -0.384. The number of hydrogen-bond donors (Lipinski definition) is 0. The van der Waals surface area contributed by atoms with Crippen molar-refractivity contribution in [3.8, 4) is 0 Å². The largest absolute Gasteiger partial charge is 0.294 e. The van der Waals surface area contributed by atoms with Crippen molar-refractivity contribution in [1.82, 2.24) is 0 Å². The Hall–Kier alpha value is -2.67. The van der Waals surface area contributed by atoms with Crippen LogP contribution in [0.3, 0.4) is 0 Å². The average Bonchev–Trinajstić information content (AvgIpc) is 2.92. The van der Waals surface area contributed by atoms with Gasteiger partial charge in [-0.25, -0.2) is 0 Å². The number of carbonyl (C=O) groups excluding carboxylic acids is 1. The summed E-state index contributed by atoms with van der Waals surface area (Å²) in [4.78, 5) is 12.8. The topological polar surface area (TPSA) is 17.1 Å². The van der Waals surface area contributed by atoms with Gasteiger partial charge >= 0.3 is 0 Å². The van der Waals surface area contributed by atoms with Gasteiger partial charge in [0, 0.05) is 12.0 Å². The minimum Gasteiger partial charge on any atom is -0.294 e. The molecule has 4 rings (SSSR count). The van der Waals surface area contributed by atoms with E-state index >= 15 is 0 Å². The van der Waals surface area contributed by atoms with Gasteiger partial charge in [-0.15, -0.1) is 0 Å². The first-order valence-corrected chi connectivity index (χ1v) is 8.39. The van der Waals surface area contributed by atoms with Crippen LogP contribution in [-0.4, -0.2) is 5.78 Å². The van der Waals surface area contributed by atoms with Gasteiger partial charge < -0.3 is 0 Å².